The van der Waals surface area contributed by atoms with Crippen molar-refractivity contribution in [3.63, 3.8) is 0 Å². The van der Waals surface area contributed by atoms with Crippen molar-refractivity contribution in [2.24, 2.45) is 0 Å². The normalized spacial score (nSPS) is 11.8. The Morgan fingerprint density at radius 1 is 1.47 bits per heavy atom. The maximum Gasteiger partial charge on any atom is 0.333 e. The number of aromatic nitrogens is 1. The fourth-order valence-electron chi connectivity index (χ4n) is 1.06. The number of hydrogen-bond donors (Lipinski definition) is 1. The van der Waals surface area contributed by atoms with E-state index in [0.717, 1.165) is 0 Å². The Bertz CT molecular complexity index is 626. The van der Waals surface area contributed by atoms with Crippen LogP contribution in [0.4, 0.5) is 14.5 Å². The van der Waals surface area contributed by atoms with E-state index >= 15 is 0 Å². The minimum absolute atomic E-state index is 0.384. The van der Waals surface area contributed by atoms with Gasteiger partial charge in [0.15, 0.2) is 4.90 Å². The van der Waals surface area contributed by atoms with Crippen molar-refractivity contribution in [1.29, 1.82) is 0 Å². The number of nitro groups is 1. The van der Waals surface area contributed by atoms with Crippen LogP contribution < -0.4 is 5.43 Å². The average molecular weight is 289 g/mol. The van der Waals surface area contributed by atoms with Gasteiger partial charge in [-0.2, -0.15) is 0 Å². The minimum Gasteiger partial charge on any atom is -0.353 e. The van der Waals surface area contributed by atoms with Crippen LogP contribution in [0, 0.1) is 10.1 Å². The molecule has 0 aliphatic rings. The van der Waals surface area contributed by atoms with Gasteiger partial charge in [-0.3, -0.25) is 14.9 Å². The van der Waals surface area contributed by atoms with Crippen molar-refractivity contribution in [3.05, 3.63) is 32.2 Å². The first-order valence-electron chi connectivity index (χ1n) is 3.79. The van der Waals surface area contributed by atoms with Crippen molar-refractivity contribution >= 4 is 25.4 Å². The summed E-state index contributed by atoms with van der Waals surface area (Å²) in [5.41, 5.74) is -4.15. The lowest BCUT2D eigenvalue weighted by Gasteiger charge is -2.04. The molecule has 0 atom stereocenters. The predicted molar refractivity (Wildman–Crippen MR) is 51.7 cm³/mol. The van der Waals surface area contributed by atoms with Crippen LogP contribution in [0.3, 0.4) is 0 Å². The Balaban J connectivity index is 3.79. The molecule has 1 N–H and O–H groups in total. The van der Waals surface area contributed by atoms with Gasteiger partial charge in [-0.15, -0.1) is 0 Å². The second-order valence-corrected chi connectivity index (χ2v) is 5.24. The lowest BCUT2D eigenvalue weighted by molar-refractivity contribution is -0.386. The Labute approximate surface area is 96.6 Å². The fourth-order valence-corrected chi connectivity index (χ4v) is 2.25. The first-order valence-corrected chi connectivity index (χ1v) is 6.10. The molecule has 0 amide bonds. The maximum atomic E-state index is 12.4. The summed E-state index contributed by atoms with van der Waals surface area (Å²) in [5.74, 6) is 0. The molecule has 0 spiro atoms. The first kappa shape index (κ1) is 13.5. The van der Waals surface area contributed by atoms with Crippen molar-refractivity contribution in [1.82, 2.24) is 4.98 Å². The van der Waals surface area contributed by atoms with Crippen LogP contribution in [0.5, 0.6) is 0 Å². The predicted octanol–water partition coefficient (Wildman–Crippen LogP) is 1.15. The van der Waals surface area contributed by atoms with Gasteiger partial charge < -0.3 is 4.98 Å². The molecule has 0 saturated heterocycles. The summed E-state index contributed by atoms with van der Waals surface area (Å²) in [5, 5.41) is 10.3. The molecule has 0 radical (unpaired) electrons. The number of nitrogens with one attached hydrogen (secondary N) is 1. The number of nitrogens with zero attached hydrogens (tertiary/aromatic N) is 1. The molecule has 7 nitrogen and oxygen atoms in total. The summed E-state index contributed by atoms with van der Waals surface area (Å²) < 4.78 is 46.7. The van der Waals surface area contributed by atoms with Gasteiger partial charge in [0, 0.05) is 10.7 Å². The second-order valence-electron chi connectivity index (χ2n) is 2.74. The Morgan fingerprint density at radius 3 is 2.35 bits per heavy atom. The standard InChI is InChI=1S/C6H3ClF2N2O5S/c7-17(15,16)5-3(6(8)9)10-1-2(4(5)12)11(13)14/h1,6H,(H,10,12). The van der Waals surface area contributed by atoms with Crippen molar-refractivity contribution < 1.29 is 22.1 Å². The summed E-state index contributed by atoms with van der Waals surface area (Å²) >= 11 is 0. The molecule has 0 fully saturated rings. The molecule has 0 saturated carbocycles. The quantitative estimate of drug-likeness (QED) is 0.509. The molecule has 1 rings (SSSR count). The summed E-state index contributed by atoms with van der Waals surface area (Å²) in [6, 6.07) is 0. The lowest BCUT2D eigenvalue weighted by atomic mass is 10.3. The number of alkyl halides is 2. The van der Waals surface area contributed by atoms with Crippen LogP contribution in [0.1, 0.15) is 12.1 Å². The minimum atomic E-state index is -4.82. The molecule has 1 heterocycles. The van der Waals surface area contributed by atoms with Crippen LogP contribution in [-0.4, -0.2) is 18.3 Å². The molecule has 0 aromatic carbocycles. The number of hydrogen-bond acceptors (Lipinski definition) is 5. The Morgan fingerprint density at radius 2 is 2.00 bits per heavy atom. The molecule has 0 bridgehead atoms. The molecule has 11 heteroatoms. The molecule has 1 aromatic rings. The number of pyridine rings is 1. The van der Waals surface area contributed by atoms with E-state index in [9.17, 15) is 32.1 Å². The molecule has 94 valence electrons. The molecule has 17 heavy (non-hydrogen) atoms. The highest BCUT2D eigenvalue weighted by Crippen LogP contribution is 2.25. The monoisotopic (exact) mass is 288 g/mol. The summed E-state index contributed by atoms with van der Waals surface area (Å²) in [7, 11) is -0.0352. The van der Waals surface area contributed by atoms with Crippen LogP contribution in [-0.2, 0) is 9.05 Å². The number of aromatic amines is 1. The zero-order chi connectivity index (χ0) is 13.4. The fraction of sp³-hybridized carbons (Fsp3) is 0.167. The smallest absolute Gasteiger partial charge is 0.333 e. The summed E-state index contributed by atoms with van der Waals surface area (Å²) in [4.78, 5) is 20.6. The average Bonchev–Trinajstić information content (AvgIpc) is 2.14. The van der Waals surface area contributed by atoms with Crippen molar-refractivity contribution in [2.75, 3.05) is 0 Å². The number of H-pyrrole nitrogens is 1. The first-order chi connectivity index (χ1) is 7.66. The molecular formula is C6H3ClF2N2O5S. The highest BCUT2D eigenvalue weighted by Gasteiger charge is 2.30. The van der Waals surface area contributed by atoms with Crippen molar-refractivity contribution in [3.8, 4) is 0 Å². The highest BCUT2D eigenvalue weighted by atomic mass is 35.7. The molecule has 1 aromatic heterocycles. The molecule has 0 unspecified atom stereocenters. The molecular weight excluding hydrogens is 286 g/mol. The third kappa shape index (κ3) is 2.58. The maximum absolute atomic E-state index is 12.4. The van der Waals surface area contributed by atoms with E-state index in [-0.39, 0.29) is 0 Å². The van der Waals surface area contributed by atoms with E-state index in [1.54, 1.807) is 4.98 Å². The van der Waals surface area contributed by atoms with Gasteiger partial charge >= 0.3 is 5.69 Å². The SMILES string of the molecule is O=c1c([N+](=O)[O-])c[nH]c(C(F)F)c1S(=O)(=O)Cl. The van der Waals surface area contributed by atoms with E-state index in [1.807, 2.05) is 0 Å². The molecule has 0 aliphatic heterocycles. The number of halogens is 3. The Kier molecular flexibility index (Phi) is 3.48. The van der Waals surface area contributed by atoms with E-state index in [2.05, 4.69) is 0 Å². The third-order valence-corrected chi connectivity index (χ3v) is 3.06. The van der Waals surface area contributed by atoms with Gasteiger partial charge in [0.25, 0.3) is 20.9 Å². The van der Waals surface area contributed by atoms with E-state index < -0.39 is 42.1 Å². The summed E-state index contributed by atoms with van der Waals surface area (Å²) in [6.07, 6.45) is -2.96. The molecule has 0 aliphatic carbocycles. The van der Waals surface area contributed by atoms with Gasteiger partial charge in [-0.1, -0.05) is 0 Å². The van der Waals surface area contributed by atoms with E-state index in [4.69, 9.17) is 10.7 Å². The lowest BCUT2D eigenvalue weighted by Crippen LogP contribution is -2.19. The van der Waals surface area contributed by atoms with Gasteiger partial charge in [0.2, 0.25) is 0 Å². The topological polar surface area (TPSA) is 110 Å². The Hall–Kier alpha value is -1.55. The van der Waals surface area contributed by atoms with Gasteiger partial charge in [-0.05, 0) is 0 Å². The van der Waals surface area contributed by atoms with Gasteiger partial charge in [0.05, 0.1) is 11.1 Å². The van der Waals surface area contributed by atoms with Crippen LogP contribution in [0.2, 0.25) is 0 Å². The van der Waals surface area contributed by atoms with Crippen LogP contribution in [0.15, 0.2) is 15.9 Å². The summed E-state index contributed by atoms with van der Waals surface area (Å²) in [6.45, 7) is 0. The van der Waals surface area contributed by atoms with Crippen LogP contribution >= 0.6 is 10.7 Å². The van der Waals surface area contributed by atoms with Crippen molar-refractivity contribution in [2.45, 2.75) is 11.3 Å². The largest absolute Gasteiger partial charge is 0.353 e. The van der Waals surface area contributed by atoms with E-state index in [0.29, 0.717) is 6.20 Å². The zero-order valence-corrected chi connectivity index (χ0v) is 9.26. The van der Waals surface area contributed by atoms with E-state index in [1.165, 1.54) is 0 Å². The van der Waals surface area contributed by atoms with Gasteiger partial charge in [0.1, 0.15) is 5.69 Å². The highest BCUT2D eigenvalue weighted by molar-refractivity contribution is 8.13. The number of rotatable bonds is 3. The van der Waals surface area contributed by atoms with Gasteiger partial charge in [-0.25, -0.2) is 17.2 Å². The zero-order valence-electron chi connectivity index (χ0n) is 7.69. The third-order valence-electron chi connectivity index (χ3n) is 1.71. The second kappa shape index (κ2) is 4.37. The van der Waals surface area contributed by atoms with Crippen LogP contribution in [0.25, 0.3) is 0 Å².